The van der Waals surface area contributed by atoms with Crippen molar-refractivity contribution in [1.29, 1.82) is 0 Å². The zero-order chi connectivity index (χ0) is 18.8. The van der Waals surface area contributed by atoms with E-state index in [1.807, 2.05) is 11.0 Å². The standard InChI is InChI=1S/C18H18ClN3O4/c1-20-15(24)18(16(25)21(2)17(20)26)8-11-12(22-7-3-4-13(18)22)6-5-10(9-23)14(11)19/h5-6,9,13H,3-4,7-8H2,1-2H3/t13-/m0/s1. The number of imide groups is 2. The van der Waals surface area contributed by atoms with Gasteiger partial charge in [0.2, 0.25) is 11.8 Å². The van der Waals surface area contributed by atoms with Crippen molar-refractivity contribution >= 4 is 41.4 Å². The number of halogens is 1. The number of hydrogen-bond acceptors (Lipinski definition) is 5. The van der Waals surface area contributed by atoms with Gasteiger partial charge in [0.1, 0.15) is 0 Å². The second-order valence-electron chi connectivity index (χ2n) is 7.09. The Hall–Kier alpha value is -2.41. The third-order valence-electron chi connectivity index (χ3n) is 5.91. The molecule has 136 valence electrons. The van der Waals surface area contributed by atoms with Gasteiger partial charge < -0.3 is 4.90 Å². The number of carbonyl (C=O) groups excluding carboxylic acids is 4. The second-order valence-corrected chi connectivity index (χ2v) is 7.47. The molecule has 3 aliphatic heterocycles. The van der Waals surface area contributed by atoms with Gasteiger partial charge in [-0.1, -0.05) is 11.6 Å². The van der Waals surface area contributed by atoms with Crippen LogP contribution in [-0.2, 0) is 16.0 Å². The summed E-state index contributed by atoms with van der Waals surface area (Å²) in [6.07, 6.45) is 2.27. The number of fused-ring (bicyclic) bond motifs is 4. The van der Waals surface area contributed by atoms with Crippen molar-refractivity contribution in [2.45, 2.75) is 25.3 Å². The predicted molar refractivity (Wildman–Crippen MR) is 94.3 cm³/mol. The largest absolute Gasteiger partial charge is 0.367 e. The number of anilines is 1. The van der Waals surface area contributed by atoms with Crippen LogP contribution in [0.2, 0.25) is 5.02 Å². The lowest BCUT2D eigenvalue weighted by Gasteiger charge is -2.51. The minimum atomic E-state index is -1.40. The van der Waals surface area contributed by atoms with E-state index in [2.05, 4.69) is 0 Å². The first-order valence-corrected chi connectivity index (χ1v) is 8.86. The van der Waals surface area contributed by atoms with Crippen molar-refractivity contribution in [3.63, 3.8) is 0 Å². The van der Waals surface area contributed by atoms with Gasteiger partial charge in [0, 0.05) is 38.3 Å². The molecule has 4 amide bonds. The Kier molecular flexibility index (Phi) is 3.63. The topological polar surface area (TPSA) is 78.0 Å². The quantitative estimate of drug-likeness (QED) is 0.551. The summed E-state index contributed by atoms with van der Waals surface area (Å²) in [5.74, 6) is -0.999. The highest BCUT2D eigenvalue weighted by atomic mass is 35.5. The molecule has 7 nitrogen and oxygen atoms in total. The first-order valence-electron chi connectivity index (χ1n) is 8.48. The SMILES string of the molecule is CN1C(=O)N(C)C(=O)C2(Cc3c(ccc(C=O)c3Cl)N3CCC[C@H]32)C1=O. The van der Waals surface area contributed by atoms with Crippen LogP contribution in [0.5, 0.6) is 0 Å². The first kappa shape index (κ1) is 17.0. The molecule has 1 atom stereocenters. The first-order chi connectivity index (χ1) is 12.3. The maximum absolute atomic E-state index is 13.2. The molecule has 0 aromatic heterocycles. The Morgan fingerprint density at radius 1 is 1.15 bits per heavy atom. The van der Waals surface area contributed by atoms with Crippen LogP contribution in [0.4, 0.5) is 10.5 Å². The molecule has 3 aliphatic rings. The zero-order valence-corrected chi connectivity index (χ0v) is 15.2. The van der Waals surface area contributed by atoms with Gasteiger partial charge in [-0.2, -0.15) is 0 Å². The van der Waals surface area contributed by atoms with Crippen LogP contribution in [0, 0.1) is 5.41 Å². The fraction of sp³-hybridized carbons (Fsp3) is 0.444. The van der Waals surface area contributed by atoms with Gasteiger partial charge in [-0.3, -0.25) is 24.2 Å². The summed E-state index contributed by atoms with van der Waals surface area (Å²) in [5, 5.41) is 0.269. The second kappa shape index (κ2) is 5.54. The molecule has 0 aliphatic carbocycles. The van der Waals surface area contributed by atoms with E-state index < -0.39 is 23.3 Å². The normalized spacial score (nSPS) is 24.2. The van der Waals surface area contributed by atoms with Gasteiger partial charge in [0.25, 0.3) is 0 Å². The summed E-state index contributed by atoms with van der Waals surface area (Å²) in [7, 11) is 2.79. The average Bonchev–Trinajstić information content (AvgIpc) is 3.14. The highest BCUT2D eigenvalue weighted by Crippen LogP contribution is 2.51. The van der Waals surface area contributed by atoms with Gasteiger partial charge in [-0.15, -0.1) is 0 Å². The summed E-state index contributed by atoms with van der Waals surface area (Å²) in [6.45, 7) is 0.693. The molecule has 8 heteroatoms. The van der Waals surface area contributed by atoms with Gasteiger partial charge in [0.15, 0.2) is 11.7 Å². The Morgan fingerprint density at radius 3 is 2.42 bits per heavy atom. The number of hydrogen-bond donors (Lipinski definition) is 0. The summed E-state index contributed by atoms with van der Waals surface area (Å²) >= 11 is 6.44. The van der Waals surface area contributed by atoms with E-state index in [-0.39, 0.29) is 17.5 Å². The summed E-state index contributed by atoms with van der Waals surface area (Å²) in [4.78, 5) is 54.0. The van der Waals surface area contributed by atoms with E-state index in [4.69, 9.17) is 11.6 Å². The minimum absolute atomic E-state index is 0.0869. The van der Waals surface area contributed by atoms with Gasteiger partial charge in [-0.05, 0) is 30.5 Å². The van der Waals surface area contributed by atoms with Gasteiger partial charge >= 0.3 is 6.03 Å². The minimum Gasteiger partial charge on any atom is -0.367 e. The van der Waals surface area contributed by atoms with E-state index in [1.54, 1.807) is 6.07 Å². The maximum atomic E-state index is 13.2. The van der Waals surface area contributed by atoms with Crippen molar-refractivity contribution < 1.29 is 19.2 Å². The van der Waals surface area contributed by atoms with Crippen LogP contribution in [0.25, 0.3) is 0 Å². The van der Waals surface area contributed by atoms with E-state index in [9.17, 15) is 19.2 Å². The highest BCUT2D eigenvalue weighted by molar-refractivity contribution is 6.34. The lowest BCUT2D eigenvalue weighted by atomic mass is 9.68. The van der Waals surface area contributed by atoms with Crippen LogP contribution < -0.4 is 4.90 Å². The van der Waals surface area contributed by atoms with Crippen LogP contribution in [0.3, 0.4) is 0 Å². The smallest absolute Gasteiger partial charge is 0.332 e. The Morgan fingerprint density at radius 2 is 1.81 bits per heavy atom. The van der Waals surface area contributed by atoms with E-state index in [0.29, 0.717) is 30.4 Å². The fourth-order valence-corrected chi connectivity index (χ4v) is 4.92. The molecule has 2 saturated heterocycles. The van der Waals surface area contributed by atoms with Crippen LogP contribution in [-0.4, -0.2) is 60.6 Å². The molecule has 0 unspecified atom stereocenters. The van der Waals surface area contributed by atoms with Crippen LogP contribution >= 0.6 is 11.6 Å². The van der Waals surface area contributed by atoms with Crippen molar-refractivity contribution in [3.8, 4) is 0 Å². The lowest BCUT2D eigenvalue weighted by molar-refractivity contribution is -0.159. The molecular formula is C18H18ClN3O4. The van der Waals surface area contributed by atoms with Crippen molar-refractivity contribution in [2.75, 3.05) is 25.5 Å². The molecule has 2 fully saturated rings. The van der Waals surface area contributed by atoms with Crippen molar-refractivity contribution in [2.24, 2.45) is 5.41 Å². The van der Waals surface area contributed by atoms with Crippen LogP contribution in [0.15, 0.2) is 12.1 Å². The number of nitrogens with zero attached hydrogens (tertiary/aromatic N) is 3. The molecule has 1 aromatic carbocycles. The van der Waals surface area contributed by atoms with Gasteiger partial charge in [-0.25, -0.2) is 4.79 Å². The molecule has 0 bridgehead atoms. The number of carbonyl (C=O) groups is 4. The number of barbiturate groups is 1. The van der Waals surface area contributed by atoms with E-state index >= 15 is 0 Å². The molecule has 0 N–H and O–H groups in total. The Bertz CT molecular complexity index is 844. The molecule has 26 heavy (non-hydrogen) atoms. The van der Waals surface area contributed by atoms with Crippen LogP contribution in [0.1, 0.15) is 28.8 Å². The lowest BCUT2D eigenvalue weighted by Crippen LogP contribution is -2.70. The maximum Gasteiger partial charge on any atom is 0.332 e. The van der Waals surface area contributed by atoms with E-state index in [0.717, 1.165) is 21.9 Å². The summed E-state index contributed by atoms with van der Waals surface area (Å²) in [6, 6.07) is 2.53. The predicted octanol–water partition coefficient (Wildman–Crippen LogP) is 1.71. The van der Waals surface area contributed by atoms with Crippen molar-refractivity contribution in [1.82, 2.24) is 9.80 Å². The molecular weight excluding hydrogens is 358 g/mol. The summed E-state index contributed by atoms with van der Waals surface area (Å²) in [5.41, 5.74) is 0.405. The average molecular weight is 376 g/mol. The highest BCUT2D eigenvalue weighted by Gasteiger charge is 2.64. The third kappa shape index (κ3) is 1.89. The number of urea groups is 1. The molecule has 3 heterocycles. The number of amides is 4. The molecule has 0 radical (unpaired) electrons. The number of aldehydes is 1. The van der Waals surface area contributed by atoms with E-state index in [1.165, 1.54) is 14.1 Å². The summed E-state index contributed by atoms with van der Waals surface area (Å²) < 4.78 is 0. The van der Waals surface area contributed by atoms with Crippen molar-refractivity contribution in [3.05, 3.63) is 28.3 Å². The third-order valence-corrected chi connectivity index (χ3v) is 6.35. The Labute approximate surface area is 155 Å². The monoisotopic (exact) mass is 375 g/mol. The molecule has 0 saturated carbocycles. The number of rotatable bonds is 1. The zero-order valence-electron chi connectivity index (χ0n) is 14.5. The molecule has 4 rings (SSSR count). The Balaban J connectivity index is 1.96. The number of benzene rings is 1. The fourth-order valence-electron chi connectivity index (χ4n) is 4.65. The molecule has 1 aromatic rings. The van der Waals surface area contributed by atoms with Gasteiger partial charge in [0.05, 0.1) is 11.1 Å². The molecule has 1 spiro atoms.